The first-order valence-corrected chi connectivity index (χ1v) is 6.42. The first-order valence-electron chi connectivity index (χ1n) is 6.42. The first kappa shape index (κ1) is 11.3. The van der Waals surface area contributed by atoms with Crippen LogP contribution >= 0.6 is 0 Å². The van der Waals surface area contributed by atoms with Gasteiger partial charge in [0.15, 0.2) is 0 Å². The van der Waals surface area contributed by atoms with Gasteiger partial charge in [0.05, 0.1) is 4.92 Å². The van der Waals surface area contributed by atoms with E-state index in [4.69, 9.17) is 0 Å². The molecule has 5 nitrogen and oxygen atoms in total. The van der Waals surface area contributed by atoms with E-state index >= 15 is 0 Å². The molecule has 3 rings (SSSR count). The van der Waals surface area contributed by atoms with Crippen LogP contribution in [0.1, 0.15) is 19.3 Å². The average Bonchev–Trinajstić information content (AvgIpc) is 2.99. The minimum atomic E-state index is -0.271. The Bertz CT molecular complexity index is 489. The molecule has 0 aromatic heterocycles. The van der Waals surface area contributed by atoms with Crippen LogP contribution in [0.25, 0.3) is 0 Å². The number of nitrogens with one attached hydrogen (secondary N) is 1. The van der Waals surface area contributed by atoms with Crippen molar-refractivity contribution in [2.75, 3.05) is 23.8 Å². The highest BCUT2D eigenvalue weighted by atomic mass is 16.6. The predicted molar refractivity (Wildman–Crippen MR) is 71.1 cm³/mol. The van der Waals surface area contributed by atoms with Crippen LogP contribution in [0, 0.1) is 16.0 Å². The Morgan fingerprint density at radius 1 is 1.44 bits per heavy atom. The molecule has 1 aliphatic heterocycles. The van der Waals surface area contributed by atoms with Crippen molar-refractivity contribution in [1.29, 1.82) is 0 Å². The number of para-hydroxylation sites is 1. The molecule has 1 aromatic rings. The van der Waals surface area contributed by atoms with Gasteiger partial charge in [-0.25, -0.2) is 0 Å². The molecule has 2 aliphatic rings. The molecule has 1 N–H and O–H groups in total. The molecular formula is C13H17N3O2. The highest BCUT2D eigenvalue weighted by Crippen LogP contribution is 2.44. The molecule has 18 heavy (non-hydrogen) atoms. The Kier molecular flexibility index (Phi) is 2.61. The molecule has 2 fully saturated rings. The van der Waals surface area contributed by atoms with Crippen molar-refractivity contribution >= 4 is 17.1 Å². The van der Waals surface area contributed by atoms with Gasteiger partial charge in [-0.2, -0.15) is 0 Å². The molecule has 2 atom stereocenters. The van der Waals surface area contributed by atoms with E-state index in [1.165, 1.54) is 19.3 Å². The second kappa shape index (κ2) is 4.15. The van der Waals surface area contributed by atoms with E-state index in [1.807, 2.05) is 12.1 Å². The van der Waals surface area contributed by atoms with E-state index in [0.29, 0.717) is 11.7 Å². The molecule has 2 bridgehead atoms. The maximum Gasteiger partial charge on any atom is 0.315 e. The fraction of sp³-hybridized carbons (Fsp3) is 0.538. The van der Waals surface area contributed by atoms with Crippen molar-refractivity contribution in [3.05, 3.63) is 28.3 Å². The van der Waals surface area contributed by atoms with Crippen LogP contribution in [-0.4, -0.2) is 24.6 Å². The molecule has 1 saturated carbocycles. The monoisotopic (exact) mass is 247 g/mol. The molecule has 0 amide bonds. The zero-order valence-corrected chi connectivity index (χ0v) is 10.4. The highest BCUT2D eigenvalue weighted by Gasteiger charge is 2.40. The van der Waals surface area contributed by atoms with Gasteiger partial charge in [0.2, 0.25) is 0 Å². The number of anilines is 2. The van der Waals surface area contributed by atoms with E-state index in [2.05, 4.69) is 10.2 Å². The normalized spacial score (nSPS) is 25.5. The molecule has 1 saturated heterocycles. The maximum absolute atomic E-state index is 11.3. The Morgan fingerprint density at radius 3 is 2.83 bits per heavy atom. The van der Waals surface area contributed by atoms with E-state index in [-0.39, 0.29) is 10.6 Å². The smallest absolute Gasteiger partial charge is 0.315 e. The Hall–Kier alpha value is -1.78. The number of benzene rings is 1. The van der Waals surface area contributed by atoms with Crippen LogP contribution in [0.4, 0.5) is 17.1 Å². The second-order valence-corrected chi connectivity index (χ2v) is 5.17. The molecule has 1 heterocycles. The Labute approximate surface area is 106 Å². The molecule has 1 aliphatic carbocycles. The summed E-state index contributed by atoms with van der Waals surface area (Å²) < 4.78 is 0. The van der Waals surface area contributed by atoms with E-state index in [1.54, 1.807) is 13.1 Å². The van der Waals surface area contributed by atoms with E-state index in [9.17, 15) is 10.1 Å². The molecule has 5 heteroatoms. The zero-order chi connectivity index (χ0) is 12.7. The number of fused-ring (bicyclic) bond motifs is 2. The lowest BCUT2D eigenvalue weighted by atomic mass is 10.1. The fourth-order valence-electron chi connectivity index (χ4n) is 3.38. The largest absolute Gasteiger partial charge is 0.382 e. The standard InChI is InChI=1S/C13H17N3O2/c1-14-11-3-2-4-12(13(11)16(17)18)15-8-9-5-6-10(15)7-9/h2-4,9-10,14H,5-8H2,1H3. The molecule has 96 valence electrons. The highest BCUT2D eigenvalue weighted by molar-refractivity contribution is 5.77. The van der Waals surface area contributed by atoms with Crippen molar-refractivity contribution in [2.24, 2.45) is 5.92 Å². The number of nitro benzene ring substituents is 1. The number of rotatable bonds is 3. The van der Waals surface area contributed by atoms with Gasteiger partial charge < -0.3 is 10.2 Å². The Balaban J connectivity index is 2.03. The van der Waals surface area contributed by atoms with Crippen molar-refractivity contribution in [3.63, 3.8) is 0 Å². The number of hydrogen-bond donors (Lipinski definition) is 1. The molecular weight excluding hydrogens is 230 g/mol. The number of piperidine rings is 1. The van der Waals surface area contributed by atoms with Gasteiger partial charge in [-0.1, -0.05) is 6.07 Å². The summed E-state index contributed by atoms with van der Waals surface area (Å²) in [6.07, 6.45) is 3.65. The van der Waals surface area contributed by atoms with Gasteiger partial charge in [0.25, 0.3) is 0 Å². The summed E-state index contributed by atoms with van der Waals surface area (Å²) in [5.74, 6) is 0.729. The minimum absolute atomic E-state index is 0.215. The summed E-state index contributed by atoms with van der Waals surface area (Å²) in [5, 5.41) is 14.2. The summed E-state index contributed by atoms with van der Waals surface area (Å²) in [6.45, 7) is 0.971. The van der Waals surface area contributed by atoms with Gasteiger partial charge in [-0.15, -0.1) is 0 Å². The summed E-state index contributed by atoms with van der Waals surface area (Å²) in [4.78, 5) is 13.3. The first-order chi connectivity index (χ1) is 8.70. The molecule has 1 aromatic carbocycles. The van der Waals surface area contributed by atoms with Gasteiger partial charge >= 0.3 is 5.69 Å². The van der Waals surface area contributed by atoms with Crippen LogP contribution < -0.4 is 10.2 Å². The Morgan fingerprint density at radius 2 is 2.28 bits per heavy atom. The second-order valence-electron chi connectivity index (χ2n) is 5.17. The summed E-state index contributed by atoms with van der Waals surface area (Å²) in [6, 6.07) is 6.02. The lowest BCUT2D eigenvalue weighted by Gasteiger charge is -2.29. The van der Waals surface area contributed by atoms with Crippen LogP contribution in [0.15, 0.2) is 18.2 Å². The van der Waals surface area contributed by atoms with Crippen LogP contribution in [0.2, 0.25) is 0 Å². The zero-order valence-electron chi connectivity index (χ0n) is 10.4. The summed E-state index contributed by atoms with van der Waals surface area (Å²) >= 11 is 0. The van der Waals surface area contributed by atoms with E-state index < -0.39 is 0 Å². The maximum atomic E-state index is 11.3. The molecule has 0 spiro atoms. The van der Waals surface area contributed by atoms with Crippen molar-refractivity contribution in [2.45, 2.75) is 25.3 Å². The minimum Gasteiger partial charge on any atom is -0.382 e. The van der Waals surface area contributed by atoms with Crippen molar-refractivity contribution in [3.8, 4) is 0 Å². The summed E-state index contributed by atoms with van der Waals surface area (Å²) in [5.41, 5.74) is 1.59. The lowest BCUT2D eigenvalue weighted by molar-refractivity contribution is -0.383. The number of nitrogens with zero attached hydrogens (tertiary/aromatic N) is 2. The van der Waals surface area contributed by atoms with Crippen LogP contribution in [0.3, 0.4) is 0 Å². The summed E-state index contributed by atoms with van der Waals surface area (Å²) in [7, 11) is 1.72. The molecule has 2 unspecified atom stereocenters. The van der Waals surface area contributed by atoms with Crippen LogP contribution in [0.5, 0.6) is 0 Å². The van der Waals surface area contributed by atoms with Gasteiger partial charge in [-0.3, -0.25) is 10.1 Å². The van der Waals surface area contributed by atoms with Gasteiger partial charge in [0.1, 0.15) is 11.4 Å². The van der Waals surface area contributed by atoms with Crippen molar-refractivity contribution < 1.29 is 4.92 Å². The molecule has 0 radical (unpaired) electrons. The predicted octanol–water partition coefficient (Wildman–Crippen LogP) is 2.63. The lowest BCUT2D eigenvalue weighted by Crippen LogP contribution is -2.32. The third-order valence-electron chi connectivity index (χ3n) is 4.19. The average molecular weight is 247 g/mol. The number of nitro groups is 1. The van der Waals surface area contributed by atoms with Gasteiger partial charge in [0, 0.05) is 19.6 Å². The van der Waals surface area contributed by atoms with E-state index in [0.717, 1.165) is 18.2 Å². The fourth-order valence-corrected chi connectivity index (χ4v) is 3.38. The topological polar surface area (TPSA) is 58.4 Å². The third-order valence-corrected chi connectivity index (χ3v) is 4.19. The van der Waals surface area contributed by atoms with Gasteiger partial charge in [-0.05, 0) is 37.3 Å². The third kappa shape index (κ3) is 1.62. The quantitative estimate of drug-likeness (QED) is 0.659. The SMILES string of the molecule is CNc1cccc(N2CC3CCC2C3)c1[N+](=O)[O-]. The van der Waals surface area contributed by atoms with Crippen LogP contribution in [-0.2, 0) is 0 Å². The van der Waals surface area contributed by atoms with Crippen molar-refractivity contribution in [1.82, 2.24) is 0 Å². The number of hydrogen-bond acceptors (Lipinski definition) is 4.